The van der Waals surface area contributed by atoms with Gasteiger partial charge in [0.1, 0.15) is 36.4 Å². The number of aryl methyl sites for hydroxylation is 2. The van der Waals surface area contributed by atoms with Crippen molar-refractivity contribution in [2.45, 2.75) is 19.0 Å². The van der Waals surface area contributed by atoms with E-state index in [-0.39, 0.29) is 15.9 Å². The molecule has 2 aromatic carbocycles. The lowest BCUT2D eigenvalue weighted by Crippen LogP contribution is -2.13. The van der Waals surface area contributed by atoms with Gasteiger partial charge in [-0.25, -0.2) is 8.42 Å². The summed E-state index contributed by atoms with van der Waals surface area (Å²) >= 11 is 0.714. The van der Waals surface area contributed by atoms with Crippen molar-refractivity contribution in [1.82, 2.24) is 9.36 Å². The third kappa shape index (κ3) is 7.13. The number of hydrogen-bond acceptors (Lipinski definition) is 9. The second kappa shape index (κ2) is 10.9. The molecule has 34 heavy (non-hydrogen) atoms. The van der Waals surface area contributed by atoms with Crippen LogP contribution in [0.1, 0.15) is 16.7 Å². The van der Waals surface area contributed by atoms with Crippen LogP contribution in [-0.2, 0) is 14.6 Å². The molecule has 0 saturated heterocycles. The molecule has 9 nitrogen and oxygen atoms in total. The molecule has 0 atom stereocenters. The maximum absolute atomic E-state index is 12.4. The van der Waals surface area contributed by atoms with Gasteiger partial charge in [0.15, 0.2) is 0 Å². The molecule has 0 unspecified atom stereocenters. The Bertz CT molecular complexity index is 1340. The zero-order valence-corrected chi connectivity index (χ0v) is 20.4. The van der Waals surface area contributed by atoms with Crippen LogP contribution < -0.4 is 14.8 Å². The van der Waals surface area contributed by atoms with Crippen LogP contribution in [0.3, 0.4) is 0 Å². The number of rotatable bonds is 9. The number of nitrogens with zero attached hydrogens (tertiary/aromatic N) is 3. The summed E-state index contributed by atoms with van der Waals surface area (Å²) in [5.41, 5.74) is 2.70. The first-order valence-electron chi connectivity index (χ1n) is 10.0. The molecule has 0 radical (unpaired) electrons. The Balaban J connectivity index is 1.55. The van der Waals surface area contributed by atoms with Crippen LogP contribution >= 0.6 is 11.5 Å². The molecule has 11 heteroatoms. The van der Waals surface area contributed by atoms with Crippen LogP contribution in [0.15, 0.2) is 53.2 Å². The quantitative estimate of drug-likeness (QED) is 0.269. The highest BCUT2D eigenvalue weighted by Gasteiger charge is 2.17. The van der Waals surface area contributed by atoms with Gasteiger partial charge in [-0.05, 0) is 60.9 Å². The fraction of sp³-hybridized carbons (Fsp3) is 0.217. The largest absolute Gasteiger partial charge is 0.490 e. The number of aromatic nitrogens is 2. The predicted octanol–water partition coefficient (Wildman–Crippen LogP) is 3.56. The summed E-state index contributed by atoms with van der Waals surface area (Å²) in [4.78, 5) is 16.1. The molecule has 176 valence electrons. The van der Waals surface area contributed by atoms with E-state index in [1.54, 1.807) is 24.3 Å². The SMILES string of the molecule is Cc1cc(C)cc(OCCOc2ccc(C=C(C#N)C(=O)Nc3nc(S(C)(=O)=O)ns3)cc2)c1. The number of sulfone groups is 1. The summed E-state index contributed by atoms with van der Waals surface area (Å²) < 4.78 is 38.0. The third-order valence-corrected chi connectivity index (χ3v) is 5.92. The van der Waals surface area contributed by atoms with Gasteiger partial charge >= 0.3 is 0 Å². The van der Waals surface area contributed by atoms with Crippen LogP contribution in [0, 0.1) is 25.2 Å². The molecule has 0 fully saturated rings. The monoisotopic (exact) mass is 498 g/mol. The molecular formula is C23H22N4O5S2. The first-order valence-corrected chi connectivity index (χ1v) is 12.7. The van der Waals surface area contributed by atoms with E-state index in [4.69, 9.17) is 9.47 Å². The van der Waals surface area contributed by atoms with Crippen molar-refractivity contribution in [3.05, 3.63) is 64.7 Å². The molecule has 1 amide bonds. The summed E-state index contributed by atoms with van der Waals surface area (Å²) in [5, 5.41) is 11.3. The highest BCUT2D eigenvalue weighted by Crippen LogP contribution is 2.19. The minimum absolute atomic E-state index is 0.0154. The number of nitrogens with one attached hydrogen (secondary N) is 1. The zero-order valence-electron chi connectivity index (χ0n) is 18.7. The molecule has 3 aromatic rings. The van der Waals surface area contributed by atoms with E-state index in [9.17, 15) is 18.5 Å². The zero-order chi connectivity index (χ0) is 24.7. The van der Waals surface area contributed by atoms with Gasteiger partial charge in [0.25, 0.3) is 11.1 Å². The number of hydrogen-bond donors (Lipinski definition) is 1. The fourth-order valence-electron chi connectivity index (χ4n) is 2.89. The molecule has 0 aliphatic carbocycles. The lowest BCUT2D eigenvalue weighted by atomic mass is 10.1. The van der Waals surface area contributed by atoms with Gasteiger partial charge in [0.2, 0.25) is 15.0 Å². The van der Waals surface area contributed by atoms with E-state index in [0.717, 1.165) is 23.1 Å². The fourth-order valence-corrected chi connectivity index (χ4v) is 4.33. The van der Waals surface area contributed by atoms with Crippen molar-refractivity contribution in [3.8, 4) is 17.6 Å². The Kier molecular flexibility index (Phi) is 7.99. The number of anilines is 1. The summed E-state index contributed by atoms with van der Waals surface area (Å²) in [5.74, 6) is 0.693. The Morgan fingerprint density at radius 3 is 2.26 bits per heavy atom. The summed E-state index contributed by atoms with van der Waals surface area (Å²) in [6, 6.07) is 14.7. The number of ether oxygens (including phenoxy) is 2. The van der Waals surface area contributed by atoms with E-state index in [0.29, 0.717) is 36.1 Å². The van der Waals surface area contributed by atoms with Crippen molar-refractivity contribution in [2.24, 2.45) is 0 Å². The van der Waals surface area contributed by atoms with Crippen LogP contribution in [0.25, 0.3) is 6.08 Å². The van der Waals surface area contributed by atoms with Gasteiger partial charge in [0, 0.05) is 17.8 Å². The Morgan fingerprint density at radius 2 is 1.71 bits per heavy atom. The molecule has 1 heterocycles. The van der Waals surface area contributed by atoms with E-state index >= 15 is 0 Å². The lowest BCUT2D eigenvalue weighted by Gasteiger charge is -2.10. The highest BCUT2D eigenvalue weighted by molar-refractivity contribution is 7.90. The number of benzene rings is 2. The number of carbonyl (C=O) groups excluding carboxylic acids is 1. The highest BCUT2D eigenvalue weighted by atomic mass is 32.2. The minimum Gasteiger partial charge on any atom is -0.490 e. The topological polar surface area (TPSA) is 131 Å². The average molecular weight is 499 g/mol. The third-order valence-electron chi connectivity index (χ3n) is 4.33. The minimum atomic E-state index is -3.59. The van der Waals surface area contributed by atoms with E-state index < -0.39 is 15.7 Å². The first kappa shape index (κ1) is 24.9. The molecule has 1 aromatic heterocycles. The smallest absolute Gasteiger partial charge is 0.268 e. The molecule has 1 N–H and O–H groups in total. The number of nitriles is 1. The van der Waals surface area contributed by atoms with Crippen LogP contribution in [0.2, 0.25) is 0 Å². The van der Waals surface area contributed by atoms with Gasteiger partial charge in [-0.3, -0.25) is 10.1 Å². The molecular weight excluding hydrogens is 476 g/mol. The molecule has 0 aliphatic heterocycles. The van der Waals surface area contributed by atoms with Crippen molar-refractivity contribution in [1.29, 1.82) is 5.26 Å². The van der Waals surface area contributed by atoms with E-state index in [2.05, 4.69) is 20.7 Å². The molecule has 3 rings (SSSR count). The van der Waals surface area contributed by atoms with Crippen LogP contribution in [0.5, 0.6) is 11.5 Å². The van der Waals surface area contributed by atoms with Gasteiger partial charge in [0.05, 0.1) is 0 Å². The first-order chi connectivity index (χ1) is 16.1. The Morgan fingerprint density at radius 1 is 1.09 bits per heavy atom. The average Bonchev–Trinajstić information content (AvgIpc) is 3.24. The number of carbonyl (C=O) groups is 1. The maximum Gasteiger partial charge on any atom is 0.268 e. The standard InChI is InChI=1S/C23H22N4O5S2/c1-15-10-16(2)12-20(11-15)32-9-8-31-19-6-4-17(5-7-19)13-18(14-24)21(28)25-22-26-23(27-33-22)34(3,29)30/h4-7,10-13H,8-9H2,1-3H3,(H,25,26,27,28). The molecule has 0 saturated carbocycles. The van der Waals surface area contributed by atoms with E-state index in [1.807, 2.05) is 32.0 Å². The van der Waals surface area contributed by atoms with E-state index in [1.165, 1.54) is 6.08 Å². The van der Waals surface area contributed by atoms with Gasteiger partial charge in [-0.2, -0.15) is 14.6 Å². The Labute approximate surface area is 201 Å². The van der Waals surface area contributed by atoms with Crippen LogP contribution in [0.4, 0.5) is 5.13 Å². The maximum atomic E-state index is 12.4. The summed E-state index contributed by atoms with van der Waals surface area (Å²) in [6.45, 7) is 4.76. The van der Waals surface area contributed by atoms with Gasteiger partial charge < -0.3 is 9.47 Å². The van der Waals surface area contributed by atoms with Gasteiger partial charge in [-0.1, -0.05) is 18.2 Å². The normalized spacial score (nSPS) is 11.5. The summed E-state index contributed by atoms with van der Waals surface area (Å²) in [7, 11) is -3.59. The lowest BCUT2D eigenvalue weighted by molar-refractivity contribution is -0.112. The van der Waals surface area contributed by atoms with Gasteiger partial charge in [-0.15, -0.1) is 0 Å². The molecule has 0 bridgehead atoms. The van der Waals surface area contributed by atoms with Crippen molar-refractivity contribution in [2.75, 3.05) is 24.8 Å². The second-order valence-electron chi connectivity index (χ2n) is 7.37. The number of amides is 1. The Hall–Kier alpha value is -3.75. The second-order valence-corrected chi connectivity index (χ2v) is 10.0. The molecule has 0 spiro atoms. The van der Waals surface area contributed by atoms with Crippen LogP contribution in [-0.4, -0.2) is 43.2 Å². The van der Waals surface area contributed by atoms with Crippen molar-refractivity contribution < 1.29 is 22.7 Å². The van der Waals surface area contributed by atoms with Crippen molar-refractivity contribution in [3.63, 3.8) is 0 Å². The predicted molar refractivity (Wildman–Crippen MR) is 129 cm³/mol. The summed E-state index contributed by atoms with van der Waals surface area (Å²) in [6.07, 6.45) is 2.37. The van der Waals surface area contributed by atoms with Crippen molar-refractivity contribution >= 4 is 38.5 Å². The molecule has 0 aliphatic rings.